The van der Waals surface area contributed by atoms with Gasteiger partial charge in [0.25, 0.3) is 0 Å². The third-order valence-corrected chi connectivity index (χ3v) is 2.67. The summed E-state index contributed by atoms with van der Waals surface area (Å²) >= 11 is 0. The number of nitrogens with zero attached hydrogens (tertiary/aromatic N) is 2. The summed E-state index contributed by atoms with van der Waals surface area (Å²) in [5.74, 6) is -0.0452. The predicted octanol–water partition coefficient (Wildman–Crippen LogP) is -0.850. The first kappa shape index (κ1) is 12.2. The topological polar surface area (TPSA) is 90.0 Å². The highest BCUT2D eigenvalue weighted by atomic mass is 32.2. The molecule has 0 aliphatic heterocycles. The van der Waals surface area contributed by atoms with Gasteiger partial charge in [0.2, 0.25) is 10.0 Å². The Bertz CT molecular complexity index is 373. The lowest BCUT2D eigenvalue weighted by atomic mass is 10.3. The van der Waals surface area contributed by atoms with Crippen LogP contribution in [0.15, 0.2) is 18.5 Å². The van der Waals surface area contributed by atoms with Gasteiger partial charge in [-0.1, -0.05) is 0 Å². The van der Waals surface area contributed by atoms with Crippen LogP contribution in [-0.4, -0.2) is 36.5 Å². The molecule has 3 N–H and O–H groups in total. The fraction of sp³-hybridized carbons (Fsp3) is 0.625. The molecular formula is C8H16N4O2S. The molecule has 0 radical (unpaired) electrons. The van der Waals surface area contributed by atoms with Gasteiger partial charge in [-0.3, -0.25) is 4.68 Å². The Morgan fingerprint density at radius 3 is 2.87 bits per heavy atom. The average Bonchev–Trinajstić information content (AvgIpc) is 2.54. The van der Waals surface area contributed by atoms with Crippen LogP contribution in [0.1, 0.15) is 6.92 Å². The number of rotatable bonds is 6. The first-order valence-electron chi connectivity index (χ1n) is 4.68. The molecule has 0 amide bonds. The molecule has 1 aromatic rings. The van der Waals surface area contributed by atoms with E-state index >= 15 is 0 Å². The monoisotopic (exact) mass is 232 g/mol. The molecule has 1 heterocycles. The molecule has 0 saturated heterocycles. The summed E-state index contributed by atoms with van der Waals surface area (Å²) in [6.45, 7) is 3.03. The zero-order valence-corrected chi connectivity index (χ0v) is 9.44. The fourth-order valence-corrected chi connectivity index (χ4v) is 1.60. The van der Waals surface area contributed by atoms with E-state index in [9.17, 15) is 8.42 Å². The SMILES string of the molecule is CC(Cn1cccn1)NCCS(N)(=O)=O. The Morgan fingerprint density at radius 1 is 1.60 bits per heavy atom. The minimum absolute atomic E-state index is 0.0452. The van der Waals surface area contributed by atoms with Crippen molar-refractivity contribution >= 4 is 10.0 Å². The minimum atomic E-state index is -3.37. The van der Waals surface area contributed by atoms with Gasteiger partial charge >= 0.3 is 0 Å². The van der Waals surface area contributed by atoms with Gasteiger partial charge < -0.3 is 5.32 Å². The fourth-order valence-electron chi connectivity index (χ4n) is 1.20. The van der Waals surface area contributed by atoms with E-state index in [0.717, 1.165) is 0 Å². The van der Waals surface area contributed by atoms with E-state index < -0.39 is 10.0 Å². The van der Waals surface area contributed by atoms with Crippen LogP contribution in [-0.2, 0) is 16.6 Å². The average molecular weight is 232 g/mol. The van der Waals surface area contributed by atoms with Gasteiger partial charge in [-0.25, -0.2) is 13.6 Å². The lowest BCUT2D eigenvalue weighted by Gasteiger charge is -2.13. The smallest absolute Gasteiger partial charge is 0.210 e. The summed E-state index contributed by atoms with van der Waals surface area (Å²) in [5.41, 5.74) is 0. The summed E-state index contributed by atoms with van der Waals surface area (Å²) in [5, 5.41) is 12.0. The molecule has 1 aromatic heterocycles. The van der Waals surface area contributed by atoms with E-state index in [2.05, 4.69) is 10.4 Å². The van der Waals surface area contributed by atoms with Crippen LogP contribution < -0.4 is 10.5 Å². The van der Waals surface area contributed by atoms with Gasteiger partial charge in [0.1, 0.15) is 0 Å². The van der Waals surface area contributed by atoms with Crippen LogP contribution >= 0.6 is 0 Å². The summed E-state index contributed by atoms with van der Waals surface area (Å²) in [6.07, 6.45) is 3.56. The quantitative estimate of drug-likeness (QED) is 0.668. The number of hydrogen-bond donors (Lipinski definition) is 2. The zero-order chi connectivity index (χ0) is 11.3. The second-order valence-electron chi connectivity index (χ2n) is 3.45. The van der Waals surface area contributed by atoms with E-state index in [-0.39, 0.29) is 11.8 Å². The molecule has 0 spiro atoms. The van der Waals surface area contributed by atoms with E-state index in [1.54, 1.807) is 10.9 Å². The largest absolute Gasteiger partial charge is 0.311 e. The molecule has 1 atom stereocenters. The summed E-state index contributed by atoms with van der Waals surface area (Å²) < 4.78 is 23.1. The Kier molecular flexibility index (Phi) is 4.25. The van der Waals surface area contributed by atoms with Crippen molar-refractivity contribution in [3.8, 4) is 0 Å². The van der Waals surface area contributed by atoms with Crippen molar-refractivity contribution < 1.29 is 8.42 Å². The van der Waals surface area contributed by atoms with Crippen molar-refractivity contribution in [3.63, 3.8) is 0 Å². The van der Waals surface area contributed by atoms with E-state index in [4.69, 9.17) is 5.14 Å². The molecule has 1 unspecified atom stereocenters. The van der Waals surface area contributed by atoms with E-state index in [1.807, 2.05) is 19.2 Å². The molecule has 7 heteroatoms. The lowest BCUT2D eigenvalue weighted by Crippen LogP contribution is -2.35. The Balaban J connectivity index is 2.22. The molecule has 6 nitrogen and oxygen atoms in total. The van der Waals surface area contributed by atoms with Crippen LogP contribution in [0.3, 0.4) is 0 Å². The minimum Gasteiger partial charge on any atom is -0.311 e. The van der Waals surface area contributed by atoms with Crippen molar-refractivity contribution in [1.82, 2.24) is 15.1 Å². The summed E-state index contributed by atoms with van der Waals surface area (Å²) in [7, 11) is -3.37. The van der Waals surface area contributed by atoms with Gasteiger partial charge in [0, 0.05) is 25.0 Å². The first-order valence-corrected chi connectivity index (χ1v) is 6.40. The number of nitrogens with one attached hydrogen (secondary N) is 1. The normalized spacial score (nSPS) is 14.0. The van der Waals surface area contributed by atoms with E-state index in [1.165, 1.54) is 0 Å². The number of sulfonamides is 1. The van der Waals surface area contributed by atoms with Gasteiger partial charge in [0.15, 0.2) is 0 Å². The molecule has 0 aliphatic carbocycles. The highest BCUT2D eigenvalue weighted by Gasteiger charge is 2.05. The second kappa shape index (κ2) is 5.24. The zero-order valence-electron chi connectivity index (χ0n) is 8.63. The first-order chi connectivity index (χ1) is 6.97. The van der Waals surface area contributed by atoms with Gasteiger partial charge in [-0.15, -0.1) is 0 Å². The maximum Gasteiger partial charge on any atom is 0.210 e. The second-order valence-corrected chi connectivity index (χ2v) is 5.18. The highest BCUT2D eigenvalue weighted by Crippen LogP contribution is 1.90. The van der Waals surface area contributed by atoms with Crippen molar-refractivity contribution in [2.24, 2.45) is 5.14 Å². The number of aromatic nitrogens is 2. The van der Waals surface area contributed by atoms with Crippen molar-refractivity contribution in [2.45, 2.75) is 19.5 Å². The van der Waals surface area contributed by atoms with Crippen LogP contribution in [0, 0.1) is 0 Å². The van der Waals surface area contributed by atoms with E-state index in [0.29, 0.717) is 13.1 Å². The molecule has 86 valence electrons. The maximum absolute atomic E-state index is 10.6. The van der Waals surface area contributed by atoms with Crippen LogP contribution in [0.25, 0.3) is 0 Å². The Morgan fingerprint density at radius 2 is 2.33 bits per heavy atom. The highest BCUT2D eigenvalue weighted by molar-refractivity contribution is 7.89. The van der Waals surface area contributed by atoms with Crippen LogP contribution in [0.4, 0.5) is 0 Å². The molecular weight excluding hydrogens is 216 g/mol. The van der Waals surface area contributed by atoms with Gasteiger partial charge in [-0.05, 0) is 13.0 Å². The predicted molar refractivity (Wildman–Crippen MR) is 57.7 cm³/mol. The number of primary sulfonamides is 1. The van der Waals surface area contributed by atoms with Crippen molar-refractivity contribution in [1.29, 1.82) is 0 Å². The molecule has 0 saturated carbocycles. The molecule has 0 aliphatic rings. The molecule has 0 fully saturated rings. The third kappa shape index (κ3) is 5.50. The number of nitrogens with two attached hydrogens (primary N) is 1. The molecule has 15 heavy (non-hydrogen) atoms. The van der Waals surface area contributed by atoms with Crippen LogP contribution in [0.2, 0.25) is 0 Å². The Labute approximate surface area is 89.5 Å². The standard InChI is InChI=1S/C8H16N4O2S/c1-8(7-12-5-2-3-11-12)10-4-6-15(9,13)14/h2-3,5,8,10H,4,6-7H2,1H3,(H2,9,13,14). The lowest BCUT2D eigenvalue weighted by molar-refractivity contribution is 0.461. The van der Waals surface area contributed by atoms with Crippen LogP contribution in [0.5, 0.6) is 0 Å². The molecule has 1 rings (SSSR count). The number of hydrogen-bond acceptors (Lipinski definition) is 4. The third-order valence-electron chi connectivity index (χ3n) is 1.90. The maximum atomic E-state index is 10.6. The van der Waals surface area contributed by atoms with Crippen molar-refractivity contribution in [2.75, 3.05) is 12.3 Å². The summed E-state index contributed by atoms with van der Waals surface area (Å²) in [6, 6.07) is 2.00. The molecule has 0 bridgehead atoms. The molecule has 0 aromatic carbocycles. The van der Waals surface area contributed by atoms with Gasteiger partial charge in [0.05, 0.1) is 12.3 Å². The summed E-state index contributed by atoms with van der Waals surface area (Å²) in [4.78, 5) is 0. The van der Waals surface area contributed by atoms with Crippen molar-refractivity contribution in [3.05, 3.63) is 18.5 Å². The Hall–Kier alpha value is -0.920. The van der Waals surface area contributed by atoms with Gasteiger partial charge in [-0.2, -0.15) is 5.10 Å².